The summed E-state index contributed by atoms with van der Waals surface area (Å²) in [5.41, 5.74) is 5.56. The molecule has 0 unspecified atom stereocenters. The van der Waals surface area contributed by atoms with Crippen molar-refractivity contribution >= 4 is 0 Å². The Hall–Kier alpha value is -1.67. The lowest BCUT2D eigenvalue weighted by atomic mass is 9.83. The van der Waals surface area contributed by atoms with E-state index < -0.39 is 22.9 Å². The number of nitriles is 1. The first kappa shape index (κ1) is 13.8. The second-order valence-corrected chi connectivity index (χ2v) is 5.09. The highest BCUT2D eigenvalue weighted by atomic mass is 19.1. The maximum absolute atomic E-state index is 13.6. The third-order valence-electron chi connectivity index (χ3n) is 3.48. The maximum Gasteiger partial charge on any atom is 0.190 e. The number of rotatable bonds is 3. The van der Waals surface area contributed by atoms with Crippen molar-refractivity contribution in [1.82, 2.24) is 0 Å². The summed E-state index contributed by atoms with van der Waals surface area (Å²) in [6, 6.07) is 3.61. The highest BCUT2D eigenvalue weighted by molar-refractivity contribution is 5.37. The summed E-state index contributed by atoms with van der Waals surface area (Å²) in [6.45, 7) is 0.0900. The minimum atomic E-state index is -0.865. The van der Waals surface area contributed by atoms with E-state index in [4.69, 9.17) is 15.7 Å². The van der Waals surface area contributed by atoms with Gasteiger partial charge in [0.2, 0.25) is 0 Å². The van der Waals surface area contributed by atoms with E-state index in [0.717, 1.165) is 44.2 Å². The van der Waals surface area contributed by atoms with E-state index in [1.807, 2.05) is 0 Å². The van der Waals surface area contributed by atoms with Crippen LogP contribution in [0.2, 0.25) is 0 Å². The van der Waals surface area contributed by atoms with Gasteiger partial charge in [-0.15, -0.1) is 0 Å². The van der Waals surface area contributed by atoms with Crippen molar-refractivity contribution in [3.63, 3.8) is 0 Å². The molecule has 1 aliphatic rings. The van der Waals surface area contributed by atoms with Crippen molar-refractivity contribution in [2.45, 2.75) is 37.6 Å². The molecule has 0 spiro atoms. The molecule has 0 bridgehead atoms. The van der Waals surface area contributed by atoms with E-state index in [-0.39, 0.29) is 12.2 Å². The van der Waals surface area contributed by atoms with Crippen molar-refractivity contribution < 1.29 is 13.5 Å². The van der Waals surface area contributed by atoms with Gasteiger partial charge in [-0.25, -0.2) is 8.78 Å². The van der Waals surface area contributed by atoms with Crippen LogP contribution in [0.1, 0.15) is 37.7 Å². The molecule has 0 atom stereocenters. The molecule has 1 aromatic rings. The van der Waals surface area contributed by atoms with Crippen molar-refractivity contribution in [2.24, 2.45) is 5.73 Å². The summed E-state index contributed by atoms with van der Waals surface area (Å²) >= 11 is 0. The number of halogens is 2. The summed E-state index contributed by atoms with van der Waals surface area (Å²) in [5.74, 6) is -2.18. The van der Waals surface area contributed by atoms with Crippen LogP contribution in [-0.2, 0) is 0 Å². The first-order valence-corrected chi connectivity index (χ1v) is 6.35. The van der Waals surface area contributed by atoms with Crippen LogP contribution in [0.5, 0.6) is 5.75 Å². The molecule has 0 saturated heterocycles. The van der Waals surface area contributed by atoms with Crippen molar-refractivity contribution in [1.29, 1.82) is 5.26 Å². The largest absolute Gasteiger partial charge is 0.486 e. The molecule has 0 amide bonds. The van der Waals surface area contributed by atoms with E-state index in [0.29, 0.717) is 0 Å². The monoisotopic (exact) mass is 266 g/mol. The zero-order valence-corrected chi connectivity index (χ0v) is 10.6. The molecule has 1 aromatic carbocycles. The Labute approximate surface area is 111 Å². The van der Waals surface area contributed by atoms with E-state index >= 15 is 0 Å². The quantitative estimate of drug-likeness (QED) is 0.915. The van der Waals surface area contributed by atoms with Crippen LogP contribution in [-0.4, -0.2) is 12.1 Å². The Morgan fingerprint density at radius 1 is 1.21 bits per heavy atom. The first-order chi connectivity index (χ1) is 9.04. The van der Waals surface area contributed by atoms with Crippen LogP contribution in [0, 0.1) is 23.0 Å². The van der Waals surface area contributed by atoms with Crippen molar-refractivity contribution in [3.05, 3.63) is 29.3 Å². The molecule has 102 valence electrons. The van der Waals surface area contributed by atoms with Gasteiger partial charge in [-0.2, -0.15) is 5.26 Å². The van der Waals surface area contributed by atoms with Crippen LogP contribution >= 0.6 is 0 Å². The average molecular weight is 266 g/mol. The number of ether oxygens (including phenoxy) is 1. The van der Waals surface area contributed by atoms with Gasteiger partial charge < -0.3 is 10.5 Å². The molecule has 1 saturated carbocycles. The van der Waals surface area contributed by atoms with E-state index in [1.54, 1.807) is 6.07 Å². The molecule has 0 aromatic heterocycles. The number of nitrogens with zero attached hydrogens (tertiary/aromatic N) is 1. The van der Waals surface area contributed by atoms with Gasteiger partial charge in [0.15, 0.2) is 17.4 Å². The second kappa shape index (κ2) is 5.54. The fourth-order valence-electron chi connectivity index (χ4n) is 2.38. The maximum atomic E-state index is 13.6. The molecule has 0 aliphatic heterocycles. The summed E-state index contributed by atoms with van der Waals surface area (Å²) in [7, 11) is 0. The Morgan fingerprint density at radius 3 is 2.32 bits per heavy atom. The number of benzene rings is 1. The summed E-state index contributed by atoms with van der Waals surface area (Å²) in [4.78, 5) is 0. The van der Waals surface area contributed by atoms with Crippen LogP contribution < -0.4 is 10.5 Å². The Balaban J connectivity index is 2.09. The van der Waals surface area contributed by atoms with Gasteiger partial charge in [0.1, 0.15) is 6.61 Å². The number of hydrogen-bond acceptors (Lipinski definition) is 3. The topological polar surface area (TPSA) is 59.0 Å². The van der Waals surface area contributed by atoms with E-state index in [1.165, 1.54) is 0 Å². The molecular formula is C14H16F2N2O. The fourth-order valence-corrected chi connectivity index (χ4v) is 2.38. The molecular weight excluding hydrogens is 250 g/mol. The van der Waals surface area contributed by atoms with Crippen molar-refractivity contribution in [2.75, 3.05) is 6.61 Å². The predicted octanol–water partition coefficient (Wildman–Crippen LogP) is 2.88. The molecule has 2 rings (SSSR count). The minimum Gasteiger partial charge on any atom is -0.486 e. The highest BCUT2D eigenvalue weighted by Gasteiger charge is 2.29. The average Bonchev–Trinajstić information content (AvgIpc) is 2.38. The minimum absolute atomic E-state index is 0.0671. The summed E-state index contributed by atoms with van der Waals surface area (Å²) in [5, 5.41) is 8.61. The second-order valence-electron chi connectivity index (χ2n) is 5.09. The first-order valence-electron chi connectivity index (χ1n) is 6.35. The Morgan fingerprint density at radius 2 is 1.79 bits per heavy atom. The van der Waals surface area contributed by atoms with Gasteiger partial charge in [-0.3, -0.25) is 0 Å². The molecule has 19 heavy (non-hydrogen) atoms. The molecule has 2 N–H and O–H groups in total. The lowest BCUT2D eigenvalue weighted by Gasteiger charge is -2.33. The molecule has 3 nitrogen and oxygen atoms in total. The molecule has 1 aliphatic carbocycles. The van der Waals surface area contributed by atoms with Gasteiger partial charge in [0.05, 0.1) is 17.2 Å². The Kier molecular flexibility index (Phi) is 4.01. The number of hydrogen-bond donors (Lipinski definition) is 1. The lowest BCUT2D eigenvalue weighted by molar-refractivity contribution is 0.164. The van der Waals surface area contributed by atoms with E-state index in [9.17, 15) is 8.78 Å². The van der Waals surface area contributed by atoms with Gasteiger partial charge in [-0.1, -0.05) is 19.3 Å². The van der Waals surface area contributed by atoms with Crippen LogP contribution in [0.15, 0.2) is 12.1 Å². The normalized spacial score (nSPS) is 17.8. The standard InChI is InChI=1S/C14H16F2N2O/c15-11-6-10(8-17)7-12(16)13(11)19-9-14(18)4-2-1-3-5-14/h6-7H,1-5,9,18H2. The zero-order valence-electron chi connectivity index (χ0n) is 10.6. The van der Waals surface area contributed by atoms with Gasteiger partial charge in [0.25, 0.3) is 0 Å². The van der Waals surface area contributed by atoms with Crippen molar-refractivity contribution in [3.8, 4) is 11.8 Å². The van der Waals surface area contributed by atoms with Gasteiger partial charge in [-0.05, 0) is 25.0 Å². The van der Waals surface area contributed by atoms with Crippen LogP contribution in [0.4, 0.5) is 8.78 Å². The molecule has 0 heterocycles. The van der Waals surface area contributed by atoms with Gasteiger partial charge >= 0.3 is 0 Å². The fraction of sp³-hybridized carbons (Fsp3) is 0.500. The molecule has 1 fully saturated rings. The van der Waals surface area contributed by atoms with Crippen LogP contribution in [0.3, 0.4) is 0 Å². The van der Waals surface area contributed by atoms with Crippen LogP contribution in [0.25, 0.3) is 0 Å². The smallest absolute Gasteiger partial charge is 0.190 e. The predicted molar refractivity (Wildman–Crippen MR) is 66.6 cm³/mol. The third-order valence-corrected chi connectivity index (χ3v) is 3.48. The Bertz CT molecular complexity index is 482. The highest BCUT2D eigenvalue weighted by Crippen LogP contribution is 2.29. The summed E-state index contributed by atoms with van der Waals surface area (Å²) in [6.07, 6.45) is 4.76. The lowest BCUT2D eigenvalue weighted by Crippen LogP contribution is -2.47. The van der Waals surface area contributed by atoms with Gasteiger partial charge in [0, 0.05) is 0 Å². The zero-order chi connectivity index (χ0) is 13.9. The number of nitrogens with two attached hydrogens (primary N) is 1. The van der Waals surface area contributed by atoms with E-state index in [2.05, 4.69) is 0 Å². The molecule has 5 heteroatoms. The third kappa shape index (κ3) is 3.21. The SMILES string of the molecule is N#Cc1cc(F)c(OCC2(N)CCCCC2)c(F)c1. The molecule has 0 radical (unpaired) electrons. The summed E-state index contributed by atoms with van der Waals surface area (Å²) < 4.78 is 32.5.